The summed E-state index contributed by atoms with van der Waals surface area (Å²) < 4.78 is 15.5. The van der Waals surface area contributed by atoms with Crippen LogP contribution in [0.3, 0.4) is 0 Å². The van der Waals surface area contributed by atoms with E-state index in [1.54, 1.807) is 25.1 Å². The first kappa shape index (κ1) is 20.4. The topological polar surface area (TPSA) is 103 Å². The predicted octanol–water partition coefficient (Wildman–Crippen LogP) is 0.641. The molecule has 1 rings (SSSR count). The zero-order chi connectivity index (χ0) is 18.7. The number of esters is 1. The van der Waals surface area contributed by atoms with Gasteiger partial charge in [0.15, 0.2) is 6.61 Å². The lowest BCUT2D eigenvalue weighted by Crippen LogP contribution is -2.38. The predicted molar refractivity (Wildman–Crippen MR) is 90.3 cm³/mol. The summed E-state index contributed by atoms with van der Waals surface area (Å²) >= 11 is 0. The molecule has 0 atom stereocenters. The van der Waals surface area contributed by atoms with Crippen LogP contribution in [0.5, 0.6) is 5.75 Å². The van der Waals surface area contributed by atoms with Gasteiger partial charge in [0.05, 0.1) is 25.8 Å². The summed E-state index contributed by atoms with van der Waals surface area (Å²) in [5, 5.41) is 4.90. The van der Waals surface area contributed by atoms with Crippen LogP contribution in [0.4, 0.5) is 0 Å². The molecule has 0 spiro atoms. The lowest BCUT2D eigenvalue weighted by atomic mass is 10.1. The molecule has 138 valence electrons. The highest BCUT2D eigenvalue weighted by Gasteiger charge is 2.14. The van der Waals surface area contributed by atoms with Gasteiger partial charge in [-0.05, 0) is 32.0 Å². The number of benzene rings is 1. The number of nitrogens with one attached hydrogen (secondary N) is 2. The molecule has 0 aliphatic carbocycles. The molecular formula is C17H24N2O6. The van der Waals surface area contributed by atoms with Crippen molar-refractivity contribution in [2.75, 3.05) is 33.4 Å². The molecule has 0 heterocycles. The van der Waals surface area contributed by atoms with Crippen LogP contribution in [0.15, 0.2) is 18.2 Å². The van der Waals surface area contributed by atoms with Crippen LogP contribution >= 0.6 is 0 Å². The van der Waals surface area contributed by atoms with Crippen molar-refractivity contribution in [1.29, 1.82) is 0 Å². The Bertz CT molecular complexity index is 603. The molecule has 0 bridgehead atoms. The van der Waals surface area contributed by atoms with E-state index in [2.05, 4.69) is 10.6 Å². The van der Waals surface area contributed by atoms with Gasteiger partial charge in [0.2, 0.25) is 5.91 Å². The molecule has 8 nitrogen and oxygen atoms in total. The van der Waals surface area contributed by atoms with Gasteiger partial charge >= 0.3 is 5.97 Å². The lowest BCUT2D eigenvalue weighted by molar-refractivity contribution is -0.127. The largest absolute Gasteiger partial charge is 0.496 e. The van der Waals surface area contributed by atoms with E-state index in [-0.39, 0.29) is 18.0 Å². The Kier molecular flexibility index (Phi) is 9.02. The van der Waals surface area contributed by atoms with Crippen molar-refractivity contribution >= 4 is 17.8 Å². The van der Waals surface area contributed by atoms with E-state index < -0.39 is 18.5 Å². The molecule has 0 unspecified atom stereocenters. The van der Waals surface area contributed by atoms with Gasteiger partial charge in [0, 0.05) is 18.7 Å². The van der Waals surface area contributed by atoms with Crippen molar-refractivity contribution in [1.82, 2.24) is 10.6 Å². The Balaban J connectivity index is 2.56. The van der Waals surface area contributed by atoms with Gasteiger partial charge in [0.25, 0.3) is 5.91 Å². The monoisotopic (exact) mass is 352 g/mol. The van der Waals surface area contributed by atoms with E-state index in [9.17, 15) is 14.4 Å². The second-order valence-electron chi connectivity index (χ2n) is 4.97. The Morgan fingerprint density at radius 1 is 1.08 bits per heavy atom. The number of carbonyl (C=O) groups excluding carboxylic acids is 3. The van der Waals surface area contributed by atoms with Gasteiger partial charge < -0.3 is 24.8 Å². The molecule has 0 fully saturated rings. The van der Waals surface area contributed by atoms with Crippen molar-refractivity contribution in [2.24, 2.45) is 0 Å². The first-order chi connectivity index (χ1) is 12.0. The number of hydrogen-bond acceptors (Lipinski definition) is 6. The van der Waals surface area contributed by atoms with Gasteiger partial charge in [-0.25, -0.2) is 4.79 Å². The van der Waals surface area contributed by atoms with Crippen LogP contribution in [0.25, 0.3) is 0 Å². The highest BCUT2D eigenvalue weighted by atomic mass is 16.5. The van der Waals surface area contributed by atoms with Crippen LogP contribution < -0.4 is 15.4 Å². The zero-order valence-corrected chi connectivity index (χ0v) is 14.7. The molecular weight excluding hydrogens is 328 g/mol. The number of methoxy groups -OCH3 is 1. The molecule has 2 amide bonds. The molecule has 0 aliphatic rings. The number of rotatable bonds is 10. The summed E-state index contributed by atoms with van der Waals surface area (Å²) in [7, 11) is 1.53. The highest BCUT2D eigenvalue weighted by Crippen LogP contribution is 2.21. The summed E-state index contributed by atoms with van der Waals surface area (Å²) in [6.07, 6.45) is 0. The van der Waals surface area contributed by atoms with Gasteiger partial charge in [-0.1, -0.05) is 0 Å². The van der Waals surface area contributed by atoms with Crippen molar-refractivity contribution in [3.05, 3.63) is 29.3 Å². The van der Waals surface area contributed by atoms with E-state index in [0.717, 1.165) is 0 Å². The van der Waals surface area contributed by atoms with Crippen molar-refractivity contribution in [3.8, 4) is 5.75 Å². The molecule has 1 aromatic carbocycles. The second kappa shape index (κ2) is 11.0. The molecule has 2 N–H and O–H groups in total. The molecule has 8 heteroatoms. The van der Waals surface area contributed by atoms with E-state index in [0.29, 0.717) is 31.1 Å². The molecule has 0 aromatic heterocycles. The zero-order valence-electron chi connectivity index (χ0n) is 14.7. The average Bonchev–Trinajstić information content (AvgIpc) is 2.62. The number of hydrogen-bond donors (Lipinski definition) is 2. The first-order valence-electron chi connectivity index (χ1n) is 7.96. The van der Waals surface area contributed by atoms with Gasteiger partial charge in [-0.2, -0.15) is 0 Å². The number of likely N-dealkylation sites (N-methyl/N-ethyl adjacent to an activating group) is 1. The molecule has 0 aliphatic heterocycles. The first-order valence-corrected chi connectivity index (χ1v) is 7.96. The van der Waals surface area contributed by atoms with Gasteiger partial charge in [-0.3, -0.25) is 9.59 Å². The third-order valence-electron chi connectivity index (χ3n) is 3.13. The smallest absolute Gasteiger partial charge is 0.338 e. The Morgan fingerprint density at radius 3 is 2.48 bits per heavy atom. The average molecular weight is 352 g/mol. The fraction of sp³-hybridized carbons (Fsp3) is 0.471. The van der Waals surface area contributed by atoms with Gasteiger partial charge in [0.1, 0.15) is 5.75 Å². The minimum absolute atomic E-state index is 0.161. The van der Waals surface area contributed by atoms with Crippen LogP contribution in [-0.4, -0.2) is 51.2 Å². The van der Waals surface area contributed by atoms with E-state index >= 15 is 0 Å². The summed E-state index contributed by atoms with van der Waals surface area (Å²) in [6, 6.07) is 4.78. The molecule has 1 aromatic rings. The third-order valence-corrected chi connectivity index (χ3v) is 3.13. The quantitative estimate of drug-likeness (QED) is 0.599. The third kappa shape index (κ3) is 7.21. The standard InChI is InChI=1S/C17H24N2O6/c1-4-18-15(20)9-19-16(21)11-25-17(22)12-6-7-14(23-3)13(8-12)10-24-5-2/h6-8H,4-5,9-11H2,1-3H3,(H,18,20)(H,19,21). The summed E-state index contributed by atoms with van der Waals surface area (Å²) in [5.74, 6) is -0.904. The minimum atomic E-state index is -0.645. The van der Waals surface area contributed by atoms with Crippen molar-refractivity contribution < 1.29 is 28.6 Å². The number of ether oxygens (including phenoxy) is 3. The number of amides is 2. The van der Waals surface area contributed by atoms with Crippen LogP contribution in [-0.2, 0) is 25.7 Å². The van der Waals surface area contributed by atoms with Crippen molar-refractivity contribution in [2.45, 2.75) is 20.5 Å². The molecule has 0 saturated carbocycles. The maximum Gasteiger partial charge on any atom is 0.338 e. The maximum atomic E-state index is 12.1. The number of carbonyl (C=O) groups is 3. The van der Waals surface area contributed by atoms with Crippen LogP contribution in [0.2, 0.25) is 0 Å². The maximum absolute atomic E-state index is 12.1. The Morgan fingerprint density at radius 2 is 1.84 bits per heavy atom. The Labute approximate surface area is 146 Å². The van der Waals surface area contributed by atoms with E-state index in [4.69, 9.17) is 14.2 Å². The molecule has 25 heavy (non-hydrogen) atoms. The lowest BCUT2D eigenvalue weighted by Gasteiger charge is -2.11. The molecule has 0 radical (unpaired) electrons. The van der Waals surface area contributed by atoms with Crippen molar-refractivity contribution in [3.63, 3.8) is 0 Å². The van der Waals surface area contributed by atoms with E-state index in [1.165, 1.54) is 7.11 Å². The summed E-state index contributed by atoms with van der Waals surface area (Å²) in [5.41, 5.74) is 0.992. The van der Waals surface area contributed by atoms with Crippen LogP contribution in [0, 0.1) is 0 Å². The summed E-state index contributed by atoms with van der Waals surface area (Å²) in [4.78, 5) is 34.9. The van der Waals surface area contributed by atoms with Crippen LogP contribution in [0.1, 0.15) is 29.8 Å². The summed E-state index contributed by atoms with van der Waals surface area (Å²) in [6.45, 7) is 4.32. The SMILES string of the molecule is CCNC(=O)CNC(=O)COC(=O)c1ccc(OC)c(COCC)c1. The Hall–Kier alpha value is -2.61. The van der Waals surface area contributed by atoms with E-state index in [1.807, 2.05) is 6.92 Å². The highest BCUT2D eigenvalue weighted by molar-refractivity contribution is 5.92. The van der Waals surface area contributed by atoms with Gasteiger partial charge in [-0.15, -0.1) is 0 Å². The molecule has 0 saturated heterocycles. The second-order valence-corrected chi connectivity index (χ2v) is 4.97. The minimum Gasteiger partial charge on any atom is -0.496 e. The fourth-order valence-corrected chi connectivity index (χ4v) is 1.93. The normalized spacial score (nSPS) is 10.0. The fourth-order valence-electron chi connectivity index (χ4n) is 1.93.